The van der Waals surface area contributed by atoms with Crippen LogP contribution >= 0.6 is 0 Å². The van der Waals surface area contributed by atoms with E-state index in [0.717, 1.165) is 18.8 Å². The molecule has 16 heavy (non-hydrogen) atoms. The third-order valence-corrected chi connectivity index (χ3v) is 3.41. The van der Waals surface area contributed by atoms with Gasteiger partial charge in [-0.15, -0.1) is 0 Å². The fourth-order valence-corrected chi connectivity index (χ4v) is 2.16. The molecule has 0 saturated carbocycles. The molecule has 1 nitrogen and oxygen atoms in total. The Morgan fingerprint density at radius 2 is 1.62 bits per heavy atom. The van der Waals surface area contributed by atoms with Gasteiger partial charge in [0.05, 0.1) is 0 Å². The second-order valence-corrected chi connectivity index (χ2v) is 4.87. The molecule has 0 aliphatic rings. The second-order valence-electron chi connectivity index (χ2n) is 4.87. The summed E-state index contributed by atoms with van der Waals surface area (Å²) in [7, 11) is 0. The smallest absolute Gasteiger partial charge is 0.00819 e. The van der Waals surface area contributed by atoms with Crippen molar-refractivity contribution in [3.8, 4) is 0 Å². The topological polar surface area (TPSA) is 26.0 Å². The fraction of sp³-hybridized carbons (Fsp3) is 0.600. The molecule has 0 aliphatic heterocycles. The first-order valence-corrected chi connectivity index (χ1v) is 6.46. The van der Waals surface area contributed by atoms with Crippen molar-refractivity contribution in [3.63, 3.8) is 0 Å². The van der Waals surface area contributed by atoms with Crippen molar-refractivity contribution >= 4 is 0 Å². The molecule has 0 radical (unpaired) electrons. The van der Waals surface area contributed by atoms with Crippen molar-refractivity contribution in [1.82, 2.24) is 0 Å². The maximum absolute atomic E-state index is 6.20. The third kappa shape index (κ3) is 4.36. The molecule has 1 heteroatoms. The van der Waals surface area contributed by atoms with Gasteiger partial charge < -0.3 is 5.73 Å². The van der Waals surface area contributed by atoms with Gasteiger partial charge in [-0.05, 0) is 31.2 Å². The molecule has 0 amide bonds. The first kappa shape index (κ1) is 13.2. The quantitative estimate of drug-likeness (QED) is 0.776. The van der Waals surface area contributed by atoms with E-state index < -0.39 is 0 Å². The van der Waals surface area contributed by atoms with Crippen molar-refractivity contribution < 1.29 is 0 Å². The van der Waals surface area contributed by atoms with E-state index in [1.165, 1.54) is 24.0 Å². The lowest BCUT2D eigenvalue weighted by Crippen LogP contribution is -2.25. The van der Waals surface area contributed by atoms with E-state index in [-0.39, 0.29) is 0 Å². The van der Waals surface area contributed by atoms with Crippen LogP contribution in [0.1, 0.15) is 44.2 Å². The lowest BCUT2D eigenvalue weighted by molar-refractivity contribution is 0.407. The van der Waals surface area contributed by atoms with Crippen LogP contribution in [0.3, 0.4) is 0 Å². The van der Waals surface area contributed by atoms with Gasteiger partial charge >= 0.3 is 0 Å². The van der Waals surface area contributed by atoms with E-state index in [1.54, 1.807) is 0 Å². The molecule has 1 atom stereocenters. The highest BCUT2D eigenvalue weighted by Gasteiger charge is 2.10. The van der Waals surface area contributed by atoms with E-state index in [1.807, 2.05) is 0 Å². The second kappa shape index (κ2) is 6.70. The highest BCUT2D eigenvalue weighted by Crippen LogP contribution is 2.16. The molecule has 0 fully saturated rings. The number of hydrogen-bond donors (Lipinski definition) is 1. The Morgan fingerprint density at radius 1 is 1.06 bits per heavy atom. The normalized spacial score (nSPS) is 13.1. The molecule has 90 valence electrons. The van der Waals surface area contributed by atoms with E-state index in [9.17, 15) is 0 Å². The Morgan fingerprint density at radius 3 is 2.12 bits per heavy atom. The lowest BCUT2D eigenvalue weighted by atomic mass is 9.92. The molecule has 0 aliphatic carbocycles. The SMILES string of the molecule is CCC(CC)CC(N)Cc1ccc(C)cc1. The lowest BCUT2D eigenvalue weighted by Gasteiger charge is -2.18. The molecule has 0 aromatic heterocycles. The third-order valence-electron chi connectivity index (χ3n) is 3.41. The summed E-state index contributed by atoms with van der Waals surface area (Å²) in [6.07, 6.45) is 4.66. The van der Waals surface area contributed by atoms with Crippen LogP contribution in [0.25, 0.3) is 0 Å². The molecular formula is C15H25N. The van der Waals surface area contributed by atoms with Gasteiger partial charge in [-0.3, -0.25) is 0 Å². The summed E-state index contributed by atoms with van der Waals surface area (Å²) in [6, 6.07) is 9.04. The maximum Gasteiger partial charge on any atom is 0.00819 e. The maximum atomic E-state index is 6.20. The summed E-state index contributed by atoms with van der Waals surface area (Å²) < 4.78 is 0. The molecule has 0 spiro atoms. The van der Waals surface area contributed by atoms with E-state index >= 15 is 0 Å². The summed E-state index contributed by atoms with van der Waals surface area (Å²) in [5.41, 5.74) is 8.88. The van der Waals surface area contributed by atoms with Crippen LogP contribution < -0.4 is 5.73 Å². The summed E-state index contributed by atoms with van der Waals surface area (Å²) in [5.74, 6) is 0.792. The molecule has 1 rings (SSSR count). The van der Waals surface area contributed by atoms with E-state index in [0.29, 0.717) is 6.04 Å². The minimum atomic E-state index is 0.313. The molecule has 0 heterocycles. The molecule has 0 saturated heterocycles. The van der Waals surface area contributed by atoms with E-state index in [2.05, 4.69) is 45.0 Å². The van der Waals surface area contributed by atoms with Gasteiger partial charge in [0.2, 0.25) is 0 Å². The minimum absolute atomic E-state index is 0.313. The van der Waals surface area contributed by atoms with E-state index in [4.69, 9.17) is 5.73 Å². The van der Waals surface area contributed by atoms with Crippen LogP contribution in [0, 0.1) is 12.8 Å². The Balaban J connectivity index is 2.44. The first-order valence-electron chi connectivity index (χ1n) is 6.46. The largest absolute Gasteiger partial charge is 0.327 e. The summed E-state index contributed by atoms with van der Waals surface area (Å²) >= 11 is 0. The zero-order valence-electron chi connectivity index (χ0n) is 10.9. The average Bonchev–Trinajstić information content (AvgIpc) is 2.29. The Labute approximate surface area is 100 Å². The first-order chi connectivity index (χ1) is 7.65. The van der Waals surface area contributed by atoms with Crippen molar-refractivity contribution in [3.05, 3.63) is 35.4 Å². The summed E-state index contributed by atoms with van der Waals surface area (Å²) in [5, 5.41) is 0. The molecular weight excluding hydrogens is 194 g/mol. The number of rotatable bonds is 6. The number of nitrogens with two attached hydrogens (primary N) is 1. The molecule has 1 unspecified atom stereocenters. The van der Waals surface area contributed by atoms with Crippen LogP contribution in [0.4, 0.5) is 0 Å². The zero-order valence-corrected chi connectivity index (χ0v) is 10.9. The summed E-state index contributed by atoms with van der Waals surface area (Å²) in [6.45, 7) is 6.63. The molecule has 1 aromatic rings. The van der Waals surface area contributed by atoms with Gasteiger partial charge in [0.15, 0.2) is 0 Å². The molecule has 1 aromatic carbocycles. The van der Waals surface area contributed by atoms with Crippen LogP contribution in [-0.4, -0.2) is 6.04 Å². The Kier molecular flexibility index (Phi) is 5.54. The Bertz CT molecular complexity index is 285. The van der Waals surface area contributed by atoms with Gasteiger partial charge in [-0.25, -0.2) is 0 Å². The number of hydrogen-bond acceptors (Lipinski definition) is 1. The predicted octanol–water partition coefficient (Wildman–Crippen LogP) is 3.69. The van der Waals surface area contributed by atoms with Crippen LogP contribution in [0.5, 0.6) is 0 Å². The van der Waals surface area contributed by atoms with Crippen molar-refractivity contribution in [2.24, 2.45) is 11.7 Å². The zero-order chi connectivity index (χ0) is 12.0. The highest BCUT2D eigenvalue weighted by atomic mass is 14.6. The highest BCUT2D eigenvalue weighted by molar-refractivity contribution is 5.21. The predicted molar refractivity (Wildman–Crippen MR) is 71.5 cm³/mol. The van der Waals surface area contributed by atoms with Crippen LogP contribution in [0.15, 0.2) is 24.3 Å². The van der Waals surface area contributed by atoms with Crippen molar-refractivity contribution in [2.75, 3.05) is 0 Å². The van der Waals surface area contributed by atoms with Gasteiger partial charge in [-0.2, -0.15) is 0 Å². The van der Waals surface area contributed by atoms with Crippen LogP contribution in [-0.2, 0) is 6.42 Å². The van der Waals surface area contributed by atoms with Crippen LogP contribution in [0.2, 0.25) is 0 Å². The monoisotopic (exact) mass is 219 g/mol. The molecule has 0 bridgehead atoms. The average molecular weight is 219 g/mol. The number of benzene rings is 1. The Hall–Kier alpha value is -0.820. The van der Waals surface area contributed by atoms with Crippen molar-refractivity contribution in [2.45, 2.75) is 52.5 Å². The minimum Gasteiger partial charge on any atom is -0.327 e. The van der Waals surface area contributed by atoms with Gasteiger partial charge in [0, 0.05) is 6.04 Å². The summed E-state index contributed by atoms with van der Waals surface area (Å²) in [4.78, 5) is 0. The number of aryl methyl sites for hydroxylation is 1. The standard InChI is InChI=1S/C15H25N/c1-4-13(5-2)10-15(16)11-14-8-6-12(3)7-9-14/h6-9,13,15H,4-5,10-11,16H2,1-3H3. The molecule has 2 N–H and O–H groups in total. The van der Waals surface area contributed by atoms with Gasteiger partial charge in [0.1, 0.15) is 0 Å². The van der Waals surface area contributed by atoms with Gasteiger partial charge in [0.25, 0.3) is 0 Å². The van der Waals surface area contributed by atoms with Gasteiger partial charge in [-0.1, -0.05) is 56.5 Å². The van der Waals surface area contributed by atoms with Crippen molar-refractivity contribution in [1.29, 1.82) is 0 Å². The fourth-order valence-electron chi connectivity index (χ4n) is 2.16.